The fraction of sp³-hybridized carbons (Fsp3) is 0.750. The second-order valence-electron chi connectivity index (χ2n) is 1.99. The van der Waals surface area contributed by atoms with Crippen LogP contribution in [0.5, 0.6) is 0 Å². The fourth-order valence-electron chi connectivity index (χ4n) is 0.349. The summed E-state index contributed by atoms with van der Waals surface area (Å²) in [4.78, 5) is 0. The summed E-state index contributed by atoms with van der Waals surface area (Å²) in [5, 5.41) is 0. The molecule has 0 amide bonds. The monoisotopic (exact) mass is 191 g/mol. The molecule has 0 aromatic rings. The second kappa shape index (κ2) is 2.98. The lowest BCUT2D eigenvalue weighted by atomic mass is 10.2. The molecule has 0 heterocycles. The molecule has 0 aliphatic rings. The van der Waals surface area contributed by atoms with Gasteiger partial charge in [-0.15, -0.1) is 0 Å². The van der Waals surface area contributed by atoms with Crippen molar-refractivity contribution in [2.45, 2.75) is 6.18 Å². The Labute approximate surface area is 62.0 Å². The first kappa shape index (κ1) is 10.7. The summed E-state index contributed by atoms with van der Waals surface area (Å²) < 4.78 is 62.4. The standard InChI is InChI=1S/C4H6F3O3S/c1-3(4(5,6)7)2-11(8,9)10/h3H,1-2H2,(H,8,9,10). The number of hydrogen-bond acceptors (Lipinski definition) is 2. The average Bonchev–Trinajstić information content (AvgIpc) is 1.56. The molecule has 3 nitrogen and oxygen atoms in total. The van der Waals surface area contributed by atoms with E-state index in [1.54, 1.807) is 0 Å². The first-order chi connectivity index (χ1) is 4.63. The molecule has 0 aliphatic heterocycles. The van der Waals surface area contributed by atoms with E-state index in [2.05, 4.69) is 6.92 Å². The highest BCUT2D eigenvalue weighted by molar-refractivity contribution is 7.85. The van der Waals surface area contributed by atoms with Gasteiger partial charge >= 0.3 is 6.18 Å². The van der Waals surface area contributed by atoms with E-state index < -0.39 is 28.0 Å². The molecule has 0 fully saturated rings. The average molecular weight is 191 g/mol. The smallest absolute Gasteiger partial charge is 0.286 e. The first-order valence-electron chi connectivity index (χ1n) is 2.48. The van der Waals surface area contributed by atoms with Crippen LogP contribution in [0.25, 0.3) is 0 Å². The van der Waals surface area contributed by atoms with Gasteiger partial charge in [-0.1, -0.05) is 0 Å². The molecule has 0 saturated carbocycles. The molecule has 0 spiro atoms. The predicted molar refractivity (Wildman–Crippen MR) is 31.3 cm³/mol. The van der Waals surface area contributed by atoms with Gasteiger partial charge in [-0.05, 0) is 6.92 Å². The fourth-order valence-corrected chi connectivity index (χ4v) is 1.05. The molecule has 1 atom stereocenters. The highest BCUT2D eigenvalue weighted by atomic mass is 32.2. The van der Waals surface area contributed by atoms with Crippen LogP contribution in [0.1, 0.15) is 0 Å². The Bertz CT molecular complexity index is 217. The lowest BCUT2D eigenvalue weighted by Crippen LogP contribution is -2.27. The van der Waals surface area contributed by atoms with Crippen LogP contribution in [0.3, 0.4) is 0 Å². The van der Waals surface area contributed by atoms with Gasteiger partial charge in [0.2, 0.25) is 0 Å². The Kier molecular flexibility index (Phi) is 2.90. The summed E-state index contributed by atoms with van der Waals surface area (Å²) in [5.41, 5.74) is 0. The molecular formula is C4H6F3O3S. The van der Waals surface area contributed by atoms with Crippen molar-refractivity contribution in [3.8, 4) is 0 Å². The van der Waals surface area contributed by atoms with Gasteiger partial charge in [0, 0.05) is 0 Å². The van der Waals surface area contributed by atoms with Crippen LogP contribution >= 0.6 is 0 Å². The number of hydrogen-bond donors (Lipinski definition) is 1. The topological polar surface area (TPSA) is 54.4 Å². The molecule has 0 saturated heterocycles. The van der Waals surface area contributed by atoms with Crippen molar-refractivity contribution < 1.29 is 26.1 Å². The van der Waals surface area contributed by atoms with Gasteiger partial charge < -0.3 is 0 Å². The summed E-state index contributed by atoms with van der Waals surface area (Å²) in [6, 6.07) is 0. The normalized spacial score (nSPS) is 16.5. The molecule has 1 unspecified atom stereocenters. The maximum atomic E-state index is 11.5. The Morgan fingerprint density at radius 1 is 1.45 bits per heavy atom. The number of alkyl halides is 3. The molecule has 0 rings (SSSR count). The van der Waals surface area contributed by atoms with Crippen molar-refractivity contribution in [1.29, 1.82) is 0 Å². The van der Waals surface area contributed by atoms with Crippen LogP contribution in [-0.4, -0.2) is 24.9 Å². The number of rotatable bonds is 2. The van der Waals surface area contributed by atoms with Crippen LogP contribution in [0.4, 0.5) is 13.2 Å². The Morgan fingerprint density at radius 3 is 1.91 bits per heavy atom. The molecule has 67 valence electrons. The molecule has 11 heavy (non-hydrogen) atoms. The zero-order valence-corrected chi connectivity index (χ0v) is 6.11. The molecule has 1 N–H and O–H groups in total. The summed E-state index contributed by atoms with van der Waals surface area (Å²) >= 11 is 0. The maximum Gasteiger partial charge on any atom is 0.392 e. The van der Waals surface area contributed by atoms with E-state index in [0.717, 1.165) is 0 Å². The summed E-state index contributed by atoms with van der Waals surface area (Å²) in [5.74, 6) is -3.67. The third-order valence-electron chi connectivity index (χ3n) is 0.875. The minimum absolute atomic E-state index is 1.39. The third-order valence-corrected chi connectivity index (χ3v) is 1.70. The van der Waals surface area contributed by atoms with Crippen molar-refractivity contribution in [2.75, 3.05) is 5.75 Å². The van der Waals surface area contributed by atoms with Crippen molar-refractivity contribution in [2.24, 2.45) is 5.92 Å². The minimum Gasteiger partial charge on any atom is -0.286 e. The SMILES string of the molecule is [CH2]C(CS(=O)(=O)O)C(F)(F)F. The lowest BCUT2D eigenvalue weighted by Gasteiger charge is -2.12. The third kappa shape index (κ3) is 5.02. The minimum atomic E-state index is -4.68. The highest BCUT2D eigenvalue weighted by Gasteiger charge is 2.38. The van der Waals surface area contributed by atoms with Crippen LogP contribution < -0.4 is 0 Å². The Hall–Kier alpha value is -0.300. The largest absolute Gasteiger partial charge is 0.392 e. The molecule has 0 aromatic heterocycles. The molecule has 0 aliphatic carbocycles. The van der Waals surface area contributed by atoms with Gasteiger partial charge in [-0.2, -0.15) is 21.6 Å². The van der Waals surface area contributed by atoms with E-state index in [0.29, 0.717) is 0 Å². The van der Waals surface area contributed by atoms with Gasteiger partial charge in [0.15, 0.2) is 0 Å². The van der Waals surface area contributed by atoms with E-state index in [9.17, 15) is 21.6 Å². The van der Waals surface area contributed by atoms with Gasteiger partial charge in [0.05, 0.1) is 11.7 Å². The van der Waals surface area contributed by atoms with Gasteiger partial charge in [0.1, 0.15) is 0 Å². The zero-order chi connectivity index (χ0) is 9.28. The van der Waals surface area contributed by atoms with Crippen LogP contribution in [0.2, 0.25) is 0 Å². The molecule has 0 bridgehead atoms. The van der Waals surface area contributed by atoms with Gasteiger partial charge in [0.25, 0.3) is 10.1 Å². The van der Waals surface area contributed by atoms with Crippen LogP contribution in [-0.2, 0) is 10.1 Å². The molecule has 0 aromatic carbocycles. The number of halogens is 3. The van der Waals surface area contributed by atoms with Crippen molar-refractivity contribution >= 4 is 10.1 Å². The van der Waals surface area contributed by atoms with E-state index in [4.69, 9.17) is 4.55 Å². The van der Waals surface area contributed by atoms with E-state index >= 15 is 0 Å². The van der Waals surface area contributed by atoms with Crippen LogP contribution in [0, 0.1) is 12.8 Å². The van der Waals surface area contributed by atoms with Crippen LogP contribution in [0.15, 0.2) is 0 Å². The van der Waals surface area contributed by atoms with Crippen molar-refractivity contribution in [1.82, 2.24) is 0 Å². The quantitative estimate of drug-likeness (QED) is 0.659. The van der Waals surface area contributed by atoms with E-state index in [1.807, 2.05) is 0 Å². The molecule has 7 heteroatoms. The summed E-state index contributed by atoms with van der Waals surface area (Å²) in [6.45, 7) is 2.53. The summed E-state index contributed by atoms with van der Waals surface area (Å²) in [7, 11) is -4.59. The molecule has 1 radical (unpaired) electrons. The Morgan fingerprint density at radius 2 is 1.82 bits per heavy atom. The maximum absolute atomic E-state index is 11.5. The van der Waals surface area contributed by atoms with Gasteiger partial charge in [-0.3, -0.25) is 4.55 Å². The second-order valence-corrected chi connectivity index (χ2v) is 3.48. The predicted octanol–water partition coefficient (Wildman–Crippen LogP) is 0.887. The lowest BCUT2D eigenvalue weighted by molar-refractivity contribution is -0.156. The summed E-state index contributed by atoms with van der Waals surface area (Å²) in [6.07, 6.45) is -4.68. The van der Waals surface area contributed by atoms with Crippen molar-refractivity contribution in [3.63, 3.8) is 0 Å². The van der Waals surface area contributed by atoms with E-state index in [-0.39, 0.29) is 0 Å². The van der Waals surface area contributed by atoms with Crippen molar-refractivity contribution in [3.05, 3.63) is 6.92 Å². The van der Waals surface area contributed by atoms with E-state index in [1.165, 1.54) is 0 Å². The molecular weight excluding hydrogens is 185 g/mol. The van der Waals surface area contributed by atoms with Gasteiger partial charge in [-0.25, -0.2) is 0 Å². The zero-order valence-electron chi connectivity index (χ0n) is 5.30. The Balaban J connectivity index is 4.21. The first-order valence-corrected chi connectivity index (χ1v) is 4.09. The highest BCUT2D eigenvalue weighted by Crippen LogP contribution is 2.25.